The molecule has 122 valence electrons. The van der Waals surface area contributed by atoms with Gasteiger partial charge < -0.3 is 15.2 Å². The molecule has 2 N–H and O–H groups in total. The van der Waals surface area contributed by atoms with Crippen molar-refractivity contribution in [2.45, 2.75) is 44.2 Å². The number of Topliss-reactive ketones (excluding diaryl/α,β-unsaturated/α-hetero) is 1. The van der Waals surface area contributed by atoms with Gasteiger partial charge in [0.2, 0.25) is 0 Å². The van der Waals surface area contributed by atoms with Crippen molar-refractivity contribution in [3.05, 3.63) is 29.8 Å². The number of benzene rings is 1. The maximum Gasteiger partial charge on any atom is 0.573 e. The monoisotopic (exact) mass is 317 g/mol. The molecule has 0 saturated heterocycles. The van der Waals surface area contributed by atoms with Crippen molar-refractivity contribution in [3.8, 4) is 5.75 Å². The van der Waals surface area contributed by atoms with Crippen LogP contribution in [0.25, 0.3) is 0 Å². The number of aliphatic hydroxyl groups excluding tert-OH is 1. The number of hydrogen-bond donors (Lipinski definition) is 2. The summed E-state index contributed by atoms with van der Waals surface area (Å²) in [5, 5.41) is 12.9. The van der Waals surface area contributed by atoms with Gasteiger partial charge in [-0.2, -0.15) is 0 Å². The van der Waals surface area contributed by atoms with Gasteiger partial charge in [-0.15, -0.1) is 13.2 Å². The molecule has 0 spiro atoms. The summed E-state index contributed by atoms with van der Waals surface area (Å²) in [4.78, 5) is 12.5. The minimum Gasteiger partial charge on any atom is -0.406 e. The predicted octanol–water partition coefficient (Wildman–Crippen LogP) is 2.50. The summed E-state index contributed by atoms with van der Waals surface area (Å²) in [5.41, 5.74) is -0.794. The van der Waals surface area contributed by atoms with Crippen LogP contribution in [-0.4, -0.2) is 29.9 Å². The third-order valence-corrected chi connectivity index (χ3v) is 3.79. The van der Waals surface area contributed by atoms with E-state index in [2.05, 4.69) is 10.1 Å². The molecule has 2 atom stereocenters. The Labute approximate surface area is 126 Å². The van der Waals surface area contributed by atoms with Crippen LogP contribution in [0.1, 0.15) is 31.7 Å². The molecule has 1 saturated carbocycles. The maximum atomic E-state index is 12.5. The number of aliphatic hydroxyl groups is 1. The maximum absolute atomic E-state index is 12.5. The van der Waals surface area contributed by atoms with E-state index in [1.54, 1.807) is 13.0 Å². The van der Waals surface area contributed by atoms with Crippen LogP contribution in [0.15, 0.2) is 24.3 Å². The third-order valence-electron chi connectivity index (χ3n) is 3.79. The first-order chi connectivity index (χ1) is 10.3. The molecule has 4 nitrogen and oxygen atoms in total. The van der Waals surface area contributed by atoms with E-state index in [1.807, 2.05) is 0 Å². The zero-order chi connectivity index (χ0) is 16.4. The van der Waals surface area contributed by atoms with Crippen molar-refractivity contribution in [2.24, 2.45) is 0 Å². The molecule has 1 aromatic rings. The van der Waals surface area contributed by atoms with Crippen LogP contribution in [0.4, 0.5) is 13.2 Å². The molecule has 0 aliphatic heterocycles. The molecule has 0 aromatic heterocycles. The van der Waals surface area contributed by atoms with Crippen molar-refractivity contribution in [3.63, 3.8) is 0 Å². The topological polar surface area (TPSA) is 58.6 Å². The van der Waals surface area contributed by atoms with Crippen LogP contribution in [0.5, 0.6) is 5.75 Å². The quantitative estimate of drug-likeness (QED) is 0.896. The van der Waals surface area contributed by atoms with Gasteiger partial charge in [0.15, 0.2) is 5.78 Å². The SMILES string of the molecule is CCNC1(c2cccc(OC(F)(F)F)c2)CCCC(O)C1=O. The molecule has 1 fully saturated rings. The number of alkyl halides is 3. The van der Waals surface area contributed by atoms with E-state index in [0.717, 1.165) is 0 Å². The molecule has 0 bridgehead atoms. The number of carbonyl (C=O) groups excluding carboxylic acids is 1. The first-order valence-electron chi connectivity index (χ1n) is 7.12. The molecule has 1 aliphatic rings. The largest absolute Gasteiger partial charge is 0.573 e. The van der Waals surface area contributed by atoms with Crippen LogP contribution in [0.2, 0.25) is 0 Å². The highest BCUT2D eigenvalue weighted by atomic mass is 19.4. The number of rotatable bonds is 4. The summed E-state index contributed by atoms with van der Waals surface area (Å²) in [7, 11) is 0. The second-order valence-electron chi connectivity index (χ2n) is 5.28. The van der Waals surface area contributed by atoms with Gasteiger partial charge in [0.1, 0.15) is 17.4 Å². The highest BCUT2D eigenvalue weighted by molar-refractivity contribution is 5.94. The molecule has 2 rings (SSSR count). The Kier molecular flexibility index (Phi) is 4.77. The highest BCUT2D eigenvalue weighted by Gasteiger charge is 2.45. The first-order valence-corrected chi connectivity index (χ1v) is 7.12. The van der Waals surface area contributed by atoms with Gasteiger partial charge in [0, 0.05) is 0 Å². The summed E-state index contributed by atoms with van der Waals surface area (Å²) in [6, 6.07) is 5.36. The summed E-state index contributed by atoms with van der Waals surface area (Å²) >= 11 is 0. The average molecular weight is 317 g/mol. The second kappa shape index (κ2) is 6.26. The Balaban J connectivity index is 2.40. The predicted molar refractivity (Wildman–Crippen MR) is 73.3 cm³/mol. The van der Waals surface area contributed by atoms with Crippen LogP contribution >= 0.6 is 0 Å². The molecule has 0 radical (unpaired) electrons. The van der Waals surface area contributed by atoms with E-state index in [1.165, 1.54) is 18.2 Å². The van der Waals surface area contributed by atoms with Crippen LogP contribution < -0.4 is 10.1 Å². The van der Waals surface area contributed by atoms with Crippen molar-refractivity contribution < 1.29 is 27.8 Å². The lowest BCUT2D eigenvalue weighted by molar-refractivity contribution is -0.274. The third kappa shape index (κ3) is 3.41. The number of carbonyl (C=O) groups is 1. The van der Waals surface area contributed by atoms with E-state index in [4.69, 9.17) is 0 Å². The normalized spacial score (nSPS) is 26.0. The number of hydrogen-bond acceptors (Lipinski definition) is 4. The molecular weight excluding hydrogens is 299 g/mol. The molecule has 7 heteroatoms. The minimum atomic E-state index is -4.79. The van der Waals surface area contributed by atoms with Crippen molar-refractivity contribution in [1.29, 1.82) is 0 Å². The molecule has 0 heterocycles. The standard InChI is InChI=1S/C15H18F3NO3/c1-2-19-14(8-4-7-12(20)13(14)21)10-5-3-6-11(9-10)22-15(16,17)18/h3,5-6,9,12,19-20H,2,4,7-8H2,1H3. The molecule has 2 unspecified atom stereocenters. The molecular formula is C15H18F3NO3. The van der Waals surface area contributed by atoms with Gasteiger partial charge >= 0.3 is 6.36 Å². The average Bonchev–Trinajstić information content (AvgIpc) is 2.42. The van der Waals surface area contributed by atoms with Gasteiger partial charge in [-0.1, -0.05) is 19.1 Å². The Morgan fingerprint density at radius 2 is 2.18 bits per heavy atom. The summed E-state index contributed by atoms with van der Waals surface area (Å²) in [6.45, 7) is 2.24. The fraction of sp³-hybridized carbons (Fsp3) is 0.533. The minimum absolute atomic E-state index is 0.366. The fourth-order valence-corrected chi connectivity index (χ4v) is 2.92. The smallest absolute Gasteiger partial charge is 0.406 e. The molecule has 1 aromatic carbocycles. The lowest BCUT2D eigenvalue weighted by Gasteiger charge is -2.39. The number of nitrogens with one attached hydrogen (secondary N) is 1. The number of likely N-dealkylation sites (N-methyl/N-ethyl adjacent to an activating group) is 1. The number of ether oxygens (including phenoxy) is 1. The van der Waals surface area contributed by atoms with Gasteiger partial charge in [-0.05, 0) is 43.5 Å². The Morgan fingerprint density at radius 3 is 2.82 bits per heavy atom. The Bertz CT molecular complexity index is 543. The lowest BCUT2D eigenvalue weighted by Crippen LogP contribution is -2.55. The number of ketones is 1. The fourth-order valence-electron chi connectivity index (χ4n) is 2.92. The highest BCUT2D eigenvalue weighted by Crippen LogP contribution is 2.36. The number of halogens is 3. The first kappa shape index (κ1) is 16.8. The van der Waals surface area contributed by atoms with E-state index >= 15 is 0 Å². The molecule has 1 aliphatic carbocycles. The van der Waals surface area contributed by atoms with Crippen LogP contribution in [0.3, 0.4) is 0 Å². The van der Waals surface area contributed by atoms with Crippen LogP contribution in [0, 0.1) is 0 Å². The zero-order valence-electron chi connectivity index (χ0n) is 12.1. The van der Waals surface area contributed by atoms with Crippen molar-refractivity contribution in [1.82, 2.24) is 5.32 Å². The van der Waals surface area contributed by atoms with E-state index in [9.17, 15) is 23.1 Å². The Morgan fingerprint density at radius 1 is 1.45 bits per heavy atom. The summed E-state index contributed by atoms with van der Waals surface area (Å²) in [5.74, 6) is -0.792. The van der Waals surface area contributed by atoms with Gasteiger partial charge in [0.05, 0.1) is 0 Å². The van der Waals surface area contributed by atoms with E-state index < -0.39 is 23.8 Å². The van der Waals surface area contributed by atoms with Gasteiger partial charge in [-0.3, -0.25) is 4.79 Å². The summed E-state index contributed by atoms with van der Waals surface area (Å²) in [6.07, 6.45) is -4.51. The lowest BCUT2D eigenvalue weighted by atomic mass is 9.74. The van der Waals surface area contributed by atoms with Gasteiger partial charge in [-0.25, -0.2) is 0 Å². The van der Waals surface area contributed by atoms with E-state index in [-0.39, 0.29) is 5.75 Å². The molecule has 0 amide bonds. The van der Waals surface area contributed by atoms with Crippen molar-refractivity contribution >= 4 is 5.78 Å². The van der Waals surface area contributed by atoms with Crippen LogP contribution in [-0.2, 0) is 10.3 Å². The Hall–Kier alpha value is -1.60. The molecule has 22 heavy (non-hydrogen) atoms. The van der Waals surface area contributed by atoms with E-state index in [0.29, 0.717) is 31.4 Å². The summed E-state index contributed by atoms with van der Waals surface area (Å²) < 4.78 is 41.0. The van der Waals surface area contributed by atoms with Gasteiger partial charge in [0.25, 0.3) is 0 Å². The van der Waals surface area contributed by atoms with Crippen molar-refractivity contribution in [2.75, 3.05) is 6.54 Å². The second-order valence-corrected chi connectivity index (χ2v) is 5.28. The zero-order valence-corrected chi connectivity index (χ0v) is 12.1.